The third-order valence-corrected chi connectivity index (χ3v) is 5.22. The smallest absolute Gasteiger partial charge is 0.226 e. The number of nitrogens with zero attached hydrogens (tertiary/aromatic N) is 1. The van der Waals surface area contributed by atoms with Crippen molar-refractivity contribution in [2.75, 3.05) is 26.6 Å². The Morgan fingerprint density at radius 2 is 1.77 bits per heavy atom. The molecular weight excluding hydrogens is 405 g/mol. The average molecular weight is 425 g/mol. The molecule has 31 heavy (non-hydrogen) atoms. The number of rotatable bonds is 6. The van der Waals surface area contributed by atoms with E-state index in [9.17, 15) is 14.0 Å². The van der Waals surface area contributed by atoms with E-state index in [-0.39, 0.29) is 35.2 Å². The van der Waals surface area contributed by atoms with Gasteiger partial charge in [0, 0.05) is 23.1 Å². The van der Waals surface area contributed by atoms with Crippen LogP contribution in [-0.2, 0) is 4.79 Å². The van der Waals surface area contributed by atoms with Gasteiger partial charge in [-0.1, -0.05) is 0 Å². The van der Waals surface area contributed by atoms with Crippen LogP contribution in [-0.4, -0.2) is 43.2 Å². The first-order chi connectivity index (χ1) is 15.0. The van der Waals surface area contributed by atoms with Crippen LogP contribution in [0.3, 0.4) is 0 Å². The summed E-state index contributed by atoms with van der Waals surface area (Å²) < 4.78 is 29.4. The van der Waals surface area contributed by atoms with Crippen molar-refractivity contribution in [3.63, 3.8) is 0 Å². The normalized spacial score (nSPS) is 15.1. The van der Waals surface area contributed by atoms with E-state index in [1.807, 2.05) is 0 Å². The lowest BCUT2D eigenvalue weighted by molar-refractivity contribution is -0.116. The number of aromatic amines is 1. The lowest BCUT2D eigenvalue weighted by atomic mass is 9.84. The fourth-order valence-corrected chi connectivity index (χ4v) is 3.71. The standard InChI is InChI=1S/C22H20FN3O5/c1-29-15-7-5-11(8-17(15)31-3)20-19-13(10-18(27)24-22(19)26-25-20)21(28)12-4-6-14(23)16(9-12)30-2/h4-9,13H,10H2,1-3H3,(H2,24,25,26,27)/t13-/m0/s1. The first kappa shape index (κ1) is 20.4. The van der Waals surface area contributed by atoms with Crippen molar-refractivity contribution in [2.24, 2.45) is 0 Å². The molecule has 1 aliphatic rings. The number of H-pyrrole nitrogens is 1. The molecule has 1 amide bonds. The highest BCUT2D eigenvalue weighted by molar-refractivity contribution is 6.09. The lowest BCUT2D eigenvalue weighted by Gasteiger charge is -2.22. The number of fused-ring (bicyclic) bond motifs is 1. The van der Waals surface area contributed by atoms with Gasteiger partial charge >= 0.3 is 0 Å². The van der Waals surface area contributed by atoms with Crippen molar-refractivity contribution in [1.82, 2.24) is 10.2 Å². The van der Waals surface area contributed by atoms with Crippen LogP contribution in [0.15, 0.2) is 36.4 Å². The van der Waals surface area contributed by atoms with E-state index in [1.165, 1.54) is 39.5 Å². The summed E-state index contributed by atoms with van der Waals surface area (Å²) in [6.07, 6.45) is -0.0641. The van der Waals surface area contributed by atoms with E-state index in [1.54, 1.807) is 18.2 Å². The van der Waals surface area contributed by atoms with E-state index in [0.717, 1.165) is 0 Å². The highest BCUT2D eigenvalue weighted by Gasteiger charge is 2.36. The third kappa shape index (κ3) is 3.58. The van der Waals surface area contributed by atoms with Gasteiger partial charge in [0.25, 0.3) is 0 Å². The van der Waals surface area contributed by atoms with Gasteiger partial charge in [0.2, 0.25) is 5.91 Å². The maximum Gasteiger partial charge on any atom is 0.226 e. The Kier molecular flexibility index (Phi) is 5.33. The van der Waals surface area contributed by atoms with Crippen LogP contribution in [0.4, 0.5) is 10.2 Å². The van der Waals surface area contributed by atoms with Crippen LogP contribution >= 0.6 is 0 Å². The van der Waals surface area contributed by atoms with Crippen molar-refractivity contribution >= 4 is 17.5 Å². The maximum atomic E-state index is 13.8. The van der Waals surface area contributed by atoms with E-state index < -0.39 is 11.7 Å². The molecule has 0 radical (unpaired) electrons. The molecule has 0 spiro atoms. The summed E-state index contributed by atoms with van der Waals surface area (Å²) in [6, 6.07) is 9.17. The lowest BCUT2D eigenvalue weighted by Crippen LogP contribution is -2.27. The van der Waals surface area contributed by atoms with Gasteiger partial charge in [-0.3, -0.25) is 14.7 Å². The molecule has 0 bridgehead atoms. The van der Waals surface area contributed by atoms with Crippen molar-refractivity contribution in [2.45, 2.75) is 12.3 Å². The second-order valence-electron chi connectivity index (χ2n) is 6.95. The zero-order valence-electron chi connectivity index (χ0n) is 17.1. The number of carbonyl (C=O) groups is 2. The largest absolute Gasteiger partial charge is 0.494 e. The Bertz CT molecular complexity index is 1170. The molecule has 0 saturated heterocycles. The van der Waals surface area contributed by atoms with E-state index in [2.05, 4.69) is 15.5 Å². The number of anilines is 1. The van der Waals surface area contributed by atoms with Gasteiger partial charge in [0.15, 0.2) is 34.7 Å². The van der Waals surface area contributed by atoms with Gasteiger partial charge < -0.3 is 19.5 Å². The molecule has 3 aromatic rings. The van der Waals surface area contributed by atoms with Gasteiger partial charge in [0.1, 0.15) is 0 Å². The molecule has 1 atom stereocenters. The van der Waals surface area contributed by atoms with Crippen molar-refractivity contribution in [3.05, 3.63) is 53.3 Å². The molecule has 0 unspecified atom stereocenters. The predicted octanol–water partition coefficient (Wildman–Crippen LogP) is 3.55. The van der Waals surface area contributed by atoms with Crippen LogP contribution in [0.2, 0.25) is 0 Å². The van der Waals surface area contributed by atoms with Gasteiger partial charge in [0.05, 0.1) is 32.9 Å². The molecule has 0 aliphatic carbocycles. The number of ether oxygens (including phenoxy) is 3. The number of hydrogen-bond donors (Lipinski definition) is 2. The summed E-state index contributed by atoms with van der Waals surface area (Å²) in [5, 5.41) is 9.80. The number of Topliss-reactive ketones (excluding diaryl/α,β-unsaturated/α-hetero) is 1. The Balaban J connectivity index is 1.80. The number of benzene rings is 2. The fraction of sp³-hybridized carbons (Fsp3) is 0.227. The number of carbonyl (C=O) groups excluding carboxylic acids is 2. The minimum absolute atomic E-state index is 0.0429. The van der Waals surface area contributed by atoms with Gasteiger partial charge in [-0.15, -0.1) is 0 Å². The van der Waals surface area contributed by atoms with Crippen molar-refractivity contribution in [3.8, 4) is 28.5 Å². The van der Waals surface area contributed by atoms with Crippen molar-refractivity contribution < 1.29 is 28.2 Å². The quantitative estimate of drug-likeness (QED) is 0.586. The number of ketones is 1. The monoisotopic (exact) mass is 425 g/mol. The summed E-state index contributed by atoms with van der Waals surface area (Å²) in [7, 11) is 4.39. The summed E-state index contributed by atoms with van der Waals surface area (Å²) in [5.74, 6) is -0.737. The number of amides is 1. The van der Waals surface area contributed by atoms with E-state index in [0.29, 0.717) is 28.3 Å². The number of hydrogen-bond acceptors (Lipinski definition) is 6. The maximum absolute atomic E-state index is 13.8. The molecule has 1 aromatic heterocycles. The molecular formula is C22H20FN3O5. The topological polar surface area (TPSA) is 103 Å². The molecule has 1 aliphatic heterocycles. The van der Waals surface area contributed by atoms with Crippen LogP contribution in [0.5, 0.6) is 17.2 Å². The van der Waals surface area contributed by atoms with E-state index >= 15 is 0 Å². The molecule has 2 N–H and O–H groups in total. The first-order valence-corrected chi connectivity index (χ1v) is 9.45. The molecule has 4 rings (SSSR count). The second kappa shape index (κ2) is 8.10. The molecule has 0 fully saturated rings. The highest BCUT2D eigenvalue weighted by Crippen LogP contribution is 2.42. The van der Waals surface area contributed by atoms with Crippen LogP contribution in [0.25, 0.3) is 11.3 Å². The molecule has 8 nitrogen and oxygen atoms in total. The van der Waals surface area contributed by atoms with Gasteiger partial charge in [-0.05, 0) is 36.4 Å². The third-order valence-electron chi connectivity index (χ3n) is 5.22. The SMILES string of the molecule is COc1cc(C(=O)[C@H]2CC(=O)Nc3n[nH]c(-c4ccc(OC)c(OC)c4)c32)ccc1F. The highest BCUT2D eigenvalue weighted by atomic mass is 19.1. The number of aromatic nitrogens is 2. The predicted molar refractivity (Wildman–Crippen MR) is 110 cm³/mol. The number of halogens is 1. The minimum atomic E-state index is -0.805. The Morgan fingerprint density at radius 1 is 1.03 bits per heavy atom. The zero-order chi connectivity index (χ0) is 22.1. The molecule has 2 aromatic carbocycles. The molecule has 9 heteroatoms. The summed E-state index contributed by atoms with van der Waals surface area (Å²) in [4.78, 5) is 25.6. The zero-order valence-corrected chi connectivity index (χ0v) is 17.1. The van der Waals surface area contributed by atoms with Crippen molar-refractivity contribution in [1.29, 1.82) is 0 Å². The Morgan fingerprint density at radius 3 is 2.48 bits per heavy atom. The fourth-order valence-electron chi connectivity index (χ4n) is 3.71. The Hall–Kier alpha value is -3.88. The van der Waals surface area contributed by atoms with Gasteiger partial charge in [-0.25, -0.2) is 4.39 Å². The summed E-state index contributed by atoms with van der Waals surface area (Å²) in [5.41, 5.74) is 2.07. The van der Waals surface area contributed by atoms with Crippen LogP contribution in [0, 0.1) is 5.82 Å². The number of methoxy groups -OCH3 is 3. The van der Waals surface area contributed by atoms with E-state index in [4.69, 9.17) is 14.2 Å². The molecule has 0 saturated carbocycles. The molecule has 160 valence electrons. The van der Waals surface area contributed by atoms with Gasteiger partial charge in [-0.2, -0.15) is 5.10 Å². The average Bonchev–Trinajstić information content (AvgIpc) is 3.21. The minimum Gasteiger partial charge on any atom is -0.494 e. The first-order valence-electron chi connectivity index (χ1n) is 9.45. The summed E-state index contributed by atoms with van der Waals surface area (Å²) >= 11 is 0. The second-order valence-corrected chi connectivity index (χ2v) is 6.95. The number of nitrogens with one attached hydrogen (secondary N) is 2. The molecule has 2 heterocycles. The van der Waals surface area contributed by atoms with Crippen LogP contribution < -0.4 is 19.5 Å². The summed E-state index contributed by atoms with van der Waals surface area (Å²) in [6.45, 7) is 0. The van der Waals surface area contributed by atoms with Crippen LogP contribution in [0.1, 0.15) is 28.3 Å². The Labute approximate surface area is 177 Å².